The molecule has 0 saturated heterocycles. The van der Waals surface area contributed by atoms with E-state index in [0.29, 0.717) is 5.92 Å². The quantitative estimate of drug-likeness (QED) is 0.566. The highest BCUT2D eigenvalue weighted by Crippen LogP contribution is 2.36. The Morgan fingerprint density at radius 2 is 1.67 bits per heavy atom. The highest BCUT2D eigenvalue weighted by molar-refractivity contribution is 6.36. The number of para-hydroxylation sites is 1. The van der Waals surface area contributed by atoms with Crippen LogP contribution in [0.3, 0.4) is 0 Å². The zero-order chi connectivity index (χ0) is 15.0. The fraction of sp³-hybridized carbons (Fsp3) is 0.211. The fourth-order valence-corrected chi connectivity index (χ4v) is 3.40. The maximum Gasteiger partial charge on any atom is 0.0798 e. The van der Waals surface area contributed by atoms with Crippen molar-refractivity contribution in [2.24, 2.45) is 0 Å². The van der Waals surface area contributed by atoms with E-state index in [2.05, 4.69) is 44.2 Å². The number of hydrogen-bond acceptors (Lipinski definition) is 1. The van der Waals surface area contributed by atoms with Crippen molar-refractivity contribution in [1.29, 1.82) is 0 Å². The van der Waals surface area contributed by atoms with Gasteiger partial charge in [0.15, 0.2) is 0 Å². The third kappa shape index (κ3) is 2.43. The zero-order valence-corrected chi connectivity index (χ0v) is 13.3. The summed E-state index contributed by atoms with van der Waals surface area (Å²) in [6.07, 6.45) is 0. The highest BCUT2D eigenvalue weighted by atomic mass is 35.5. The summed E-state index contributed by atoms with van der Waals surface area (Å²) in [5.74, 6) is 0.370. The predicted molar refractivity (Wildman–Crippen MR) is 91.0 cm³/mol. The Labute approximate surface area is 130 Å². The SMILES string of the molecule is Cc1nc2c(-c3ccccc3)cccc2c(Cl)c1C(C)C. The van der Waals surface area contributed by atoms with E-state index in [0.717, 1.165) is 32.7 Å². The van der Waals surface area contributed by atoms with Crippen molar-refractivity contribution in [3.05, 3.63) is 64.8 Å². The van der Waals surface area contributed by atoms with E-state index >= 15 is 0 Å². The van der Waals surface area contributed by atoms with Gasteiger partial charge in [-0.3, -0.25) is 4.98 Å². The molecule has 1 aromatic heterocycles. The molecule has 0 N–H and O–H groups in total. The molecular weight excluding hydrogens is 278 g/mol. The highest BCUT2D eigenvalue weighted by Gasteiger charge is 2.16. The Morgan fingerprint density at radius 1 is 0.952 bits per heavy atom. The Hall–Kier alpha value is -1.86. The first-order chi connectivity index (χ1) is 10.1. The monoisotopic (exact) mass is 295 g/mol. The van der Waals surface area contributed by atoms with Crippen molar-refractivity contribution in [3.63, 3.8) is 0 Å². The fourth-order valence-electron chi connectivity index (χ4n) is 2.89. The molecule has 106 valence electrons. The number of benzene rings is 2. The molecule has 0 atom stereocenters. The van der Waals surface area contributed by atoms with E-state index < -0.39 is 0 Å². The molecule has 3 aromatic rings. The van der Waals surface area contributed by atoms with Crippen LogP contribution in [0.25, 0.3) is 22.0 Å². The van der Waals surface area contributed by atoms with Crippen molar-refractivity contribution in [1.82, 2.24) is 4.98 Å². The van der Waals surface area contributed by atoms with Gasteiger partial charge in [0.25, 0.3) is 0 Å². The van der Waals surface area contributed by atoms with Crippen LogP contribution >= 0.6 is 11.6 Å². The van der Waals surface area contributed by atoms with Crippen molar-refractivity contribution in [2.75, 3.05) is 0 Å². The van der Waals surface area contributed by atoms with Gasteiger partial charge < -0.3 is 0 Å². The molecule has 3 rings (SSSR count). The Kier molecular flexibility index (Phi) is 3.69. The minimum atomic E-state index is 0.370. The van der Waals surface area contributed by atoms with E-state index in [1.54, 1.807) is 0 Å². The van der Waals surface area contributed by atoms with Gasteiger partial charge in [0, 0.05) is 16.6 Å². The molecule has 2 heteroatoms. The first-order valence-electron chi connectivity index (χ1n) is 7.23. The summed E-state index contributed by atoms with van der Waals surface area (Å²) >= 11 is 6.66. The lowest BCUT2D eigenvalue weighted by Gasteiger charge is -2.15. The Morgan fingerprint density at radius 3 is 2.33 bits per heavy atom. The second-order valence-corrected chi connectivity index (χ2v) is 6.03. The number of halogens is 1. The lowest BCUT2D eigenvalue weighted by Crippen LogP contribution is -1.99. The number of aromatic nitrogens is 1. The maximum atomic E-state index is 6.66. The molecule has 0 unspecified atom stereocenters. The van der Waals surface area contributed by atoms with Gasteiger partial charge in [-0.15, -0.1) is 0 Å². The zero-order valence-electron chi connectivity index (χ0n) is 12.5. The topological polar surface area (TPSA) is 12.9 Å². The minimum Gasteiger partial charge on any atom is -0.252 e. The normalized spacial score (nSPS) is 11.3. The second kappa shape index (κ2) is 5.50. The van der Waals surface area contributed by atoms with E-state index in [1.807, 2.05) is 25.1 Å². The molecule has 0 saturated carbocycles. The van der Waals surface area contributed by atoms with Gasteiger partial charge in [0.1, 0.15) is 0 Å². The number of hydrogen-bond donors (Lipinski definition) is 0. The van der Waals surface area contributed by atoms with Gasteiger partial charge in [0.05, 0.1) is 10.5 Å². The lowest BCUT2D eigenvalue weighted by molar-refractivity contribution is 0.848. The van der Waals surface area contributed by atoms with E-state index in [-0.39, 0.29) is 0 Å². The third-order valence-corrected chi connectivity index (χ3v) is 4.25. The molecular formula is C19H18ClN. The Balaban J connectivity index is 2.36. The summed E-state index contributed by atoms with van der Waals surface area (Å²) in [5.41, 5.74) is 5.45. The molecule has 0 amide bonds. The van der Waals surface area contributed by atoms with Gasteiger partial charge in [-0.2, -0.15) is 0 Å². The smallest absolute Gasteiger partial charge is 0.0798 e. The standard InChI is InChI=1S/C19H18ClN/c1-12(2)17-13(3)21-19-15(14-8-5-4-6-9-14)10-7-11-16(19)18(17)20/h4-12H,1-3H3. The molecule has 1 heterocycles. The minimum absolute atomic E-state index is 0.370. The molecule has 21 heavy (non-hydrogen) atoms. The molecule has 0 bridgehead atoms. The molecule has 0 radical (unpaired) electrons. The van der Waals surface area contributed by atoms with Gasteiger partial charge in [-0.25, -0.2) is 0 Å². The van der Waals surface area contributed by atoms with E-state index in [9.17, 15) is 0 Å². The van der Waals surface area contributed by atoms with Gasteiger partial charge in [0.2, 0.25) is 0 Å². The lowest BCUT2D eigenvalue weighted by atomic mass is 9.96. The average Bonchev–Trinajstić information content (AvgIpc) is 2.47. The van der Waals surface area contributed by atoms with Crippen LogP contribution < -0.4 is 0 Å². The van der Waals surface area contributed by atoms with Gasteiger partial charge >= 0.3 is 0 Å². The van der Waals surface area contributed by atoms with Gasteiger partial charge in [-0.1, -0.05) is 74.0 Å². The largest absolute Gasteiger partial charge is 0.252 e. The molecule has 0 fully saturated rings. The first-order valence-corrected chi connectivity index (χ1v) is 7.61. The molecule has 2 aromatic carbocycles. The summed E-state index contributed by atoms with van der Waals surface area (Å²) in [6.45, 7) is 6.36. The van der Waals surface area contributed by atoms with Crippen LogP contribution in [0.15, 0.2) is 48.5 Å². The summed E-state index contributed by atoms with van der Waals surface area (Å²) < 4.78 is 0. The van der Waals surface area contributed by atoms with Crippen molar-refractivity contribution >= 4 is 22.5 Å². The van der Waals surface area contributed by atoms with E-state index in [4.69, 9.17) is 16.6 Å². The molecule has 0 aliphatic carbocycles. The number of pyridine rings is 1. The predicted octanol–water partition coefficient (Wildman–Crippen LogP) is 5.99. The Bertz CT molecular complexity index is 792. The van der Waals surface area contributed by atoms with Crippen LogP contribution in [-0.4, -0.2) is 4.98 Å². The van der Waals surface area contributed by atoms with Crippen molar-refractivity contribution < 1.29 is 0 Å². The van der Waals surface area contributed by atoms with Crippen LogP contribution in [0, 0.1) is 6.92 Å². The average molecular weight is 296 g/mol. The molecule has 0 spiro atoms. The van der Waals surface area contributed by atoms with Crippen molar-refractivity contribution in [3.8, 4) is 11.1 Å². The summed E-state index contributed by atoms with van der Waals surface area (Å²) in [7, 11) is 0. The summed E-state index contributed by atoms with van der Waals surface area (Å²) in [5, 5.41) is 1.87. The third-order valence-electron chi connectivity index (χ3n) is 3.84. The van der Waals surface area contributed by atoms with Gasteiger partial charge in [-0.05, 0) is 24.0 Å². The summed E-state index contributed by atoms with van der Waals surface area (Å²) in [4.78, 5) is 4.85. The van der Waals surface area contributed by atoms with Crippen molar-refractivity contribution in [2.45, 2.75) is 26.7 Å². The first kappa shape index (κ1) is 14.1. The van der Waals surface area contributed by atoms with E-state index in [1.165, 1.54) is 5.56 Å². The number of aryl methyl sites for hydroxylation is 1. The van der Waals surface area contributed by atoms with Crippen LogP contribution in [0.4, 0.5) is 0 Å². The van der Waals surface area contributed by atoms with Crippen LogP contribution in [0.1, 0.15) is 31.0 Å². The molecule has 1 nitrogen and oxygen atoms in total. The summed E-state index contributed by atoms with van der Waals surface area (Å²) in [6, 6.07) is 16.6. The van der Waals surface area contributed by atoms with Crippen LogP contribution in [0.5, 0.6) is 0 Å². The number of rotatable bonds is 2. The number of nitrogens with zero attached hydrogens (tertiary/aromatic N) is 1. The molecule has 0 aliphatic rings. The maximum absolute atomic E-state index is 6.66. The molecule has 0 aliphatic heterocycles. The van der Waals surface area contributed by atoms with Crippen LogP contribution in [-0.2, 0) is 0 Å². The van der Waals surface area contributed by atoms with Crippen LogP contribution in [0.2, 0.25) is 5.02 Å². The number of fused-ring (bicyclic) bond motifs is 1. The second-order valence-electron chi connectivity index (χ2n) is 5.65.